The average Bonchev–Trinajstić information content (AvgIpc) is 2.31. The highest BCUT2D eigenvalue weighted by atomic mass is 32.2. The highest BCUT2D eigenvalue weighted by Gasteiger charge is 2.31. The minimum atomic E-state index is -0.927. The molecule has 0 atom stereocenters. The van der Waals surface area contributed by atoms with E-state index in [2.05, 4.69) is 9.53 Å². The van der Waals surface area contributed by atoms with Crippen LogP contribution in [0.3, 0.4) is 0 Å². The van der Waals surface area contributed by atoms with Crippen LogP contribution in [0.4, 0.5) is 0 Å². The van der Waals surface area contributed by atoms with Crippen molar-refractivity contribution in [1.29, 1.82) is 0 Å². The van der Waals surface area contributed by atoms with Gasteiger partial charge in [-0.3, -0.25) is 4.79 Å². The SMILES string of the molecule is CCOC(=O)C(=[N+]=[N-])C(=O)Sc1ccccc1. The summed E-state index contributed by atoms with van der Waals surface area (Å²) in [6.07, 6.45) is 0. The van der Waals surface area contributed by atoms with Gasteiger partial charge in [0, 0.05) is 4.90 Å². The van der Waals surface area contributed by atoms with Gasteiger partial charge in [-0.2, -0.15) is 4.79 Å². The van der Waals surface area contributed by atoms with Crippen LogP contribution in [0.2, 0.25) is 0 Å². The number of hydrogen-bond donors (Lipinski definition) is 0. The maximum absolute atomic E-state index is 11.6. The second-order valence-corrected chi connectivity index (χ2v) is 3.92. The smallest absolute Gasteiger partial charge is 0.452 e. The van der Waals surface area contributed by atoms with E-state index in [9.17, 15) is 9.59 Å². The van der Waals surface area contributed by atoms with Crippen LogP contribution in [0.15, 0.2) is 35.2 Å². The Morgan fingerprint density at radius 1 is 1.35 bits per heavy atom. The Balaban J connectivity index is 2.76. The largest absolute Gasteiger partial charge is 0.457 e. The molecule has 5 nitrogen and oxygen atoms in total. The molecule has 0 unspecified atom stereocenters. The number of esters is 1. The molecule has 6 heteroatoms. The van der Waals surface area contributed by atoms with Crippen LogP contribution < -0.4 is 0 Å². The lowest BCUT2D eigenvalue weighted by molar-refractivity contribution is -0.140. The van der Waals surface area contributed by atoms with Gasteiger partial charge in [-0.15, -0.1) is 0 Å². The second-order valence-electron chi connectivity index (χ2n) is 2.87. The third kappa shape index (κ3) is 3.86. The average molecular weight is 250 g/mol. The van der Waals surface area contributed by atoms with Crippen LogP contribution >= 0.6 is 11.8 Å². The molecule has 0 aliphatic carbocycles. The van der Waals surface area contributed by atoms with Crippen molar-refractivity contribution in [2.45, 2.75) is 11.8 Å². The van der Waals surface area contributed by atoms with E-state index in [1.54, 1.807) is 37.3 Å². The van der Waals surface area contributed by atoms with E-state index in [0.29, 0.717) is 4.90 Å². The van der Waals surface area contributed by atoms with Crippen LogP contribution in [-0.4, -0.2) is 28.2 Å². The van der Waals surface area contributed by atoms with E-state index in [-0.39, 0.29) is 6.61 Å². The Bertz CT molecular complexity index is 467. The van der Waals surface area contributed by atoms with Gasteiger partial charge in [-0.05, 0) is 30.8 Å². The molecule has 0 radical (unpaired) electrons. The molecule has 0 N–H and O–H groups in total. The van der Waals surface area contributed by atoms with Crippen molar-refractivity contribution < 1.29 is 19.1 Å². The fourth-order valence-electron chi connectivity index (χ4n) is 1.01. The highest BCUT2D eigenvalue weighted by Crippen LogP contribution is 2.18. The van der Waals surface area contributed by atoms with Gasteiger partial charge in [0.05, 0.1) is 6.61 Å². The Morgan fingerprint density at radius 3 is 2.53 bits per heavy atom. The predicted octanol–water partition coefficient (Wildman–Crippen LogP) is 1.54. The molecule has 0 saturated heterocycles. The molecule has 0 spiro atoms. The summed E-state index contributed by atoms with van der Waals surface area (Å²) in [4.78, 5) is 26.2. The molecule has 17 heavy (non-hydrogen) atoms. The monoisotopic (exact) mass is 250 g/mol. The summed E-state index contributed by atoms with van der Waals surface area (Å²) < 4.78 is 4.59. The summed E-state index contributed by atoms with van der Waals surface area (Å²) in [5, 5.41) is -0.655. The van der Waals surface area contributed by atoms with Gasteiger partial charge in [0.2, 0.25) is 0 Å². The molecule has 0 heterocycles. The van der Waals surface area contributed by atoms with Crippen molar-refractivity contribution in [2.75, 3.05) is 6.61 Å². The molecule has 1 rings (SSSR count). The van der Waals surface area contributed by atoms with Crippen LogP contribution in [0, 0.1) is 0 Å². The molecule has 1 aromatic carbocycles. The van der Waals surface area contributed by atoms with E-state index in [1.165, 1.54) is 0 Å². The first-order chi connectivity index (χ1) is 8.19. The van der Waals surface area contributed by atoms with Gasteiger partial charge in [0.25, 0.3) is 0 Å². The number of rotatable bonds is 4. The van der Waals surface area contributed by atoms with Crippen LogP contribution in [0.5, 0.6) is 0 Å². The van der Waals surface area contributed by atoms with Crippen molar-refractivity contribution in [3.8, 4) is 0 Å². The third-order valence-electron chi connectivity index (χ3n) is 1.72. The summed E-state index contributed by atoms with van der Waals surface area (Å²) in [5.41, 5.74) is 8.01. The number of hydrogen-bond acceptors (Lipinski definition) is 4. The maximum atomic E-state index is 11.6. The molecule has 0 fully saturated rings. The molecule has 88 valence electrons. The van der Waals surface area contributed by atoms with Gasteiger partial charge in [0.1, 0.15) is 0 Å². The zero-order valence-corrected chi connectivity index (χ0v) is 9.94. The van der Waals surface area contributed by atoms with Gasteiger partial charge in [0.15, 0.2) is 0 Å². The molecule has 0 aliphatic rings. The van der Waals surface area contributed by atoms with E-state index in [1.807, 2.05) is 0 Å². The van der Waals surface area contributed by atoms with Gasteiger partial charge < -0.3 is 10.3 Å². The topological polar surface area (TPSA) is 79.8 Å². The minimum absolute atomic E-state index is 0.112. The molecule has 0 bridgehead atoms. The summed E-state index contributed by atoms with van der Waals surface area (Å²) >= 11 is 0.800. The summed E-state index contributed by atoms with van der Waals surface area (Å²) in [5.74, 6) is -0.927. The molecular formula is C11H10N2O3S. The van der Waals surface area contributed by atoms with E-state index < -0.39 is 16.8 Å². The molecule has 0 aromatic heterocycles. The Morgan fingerprint density at radius 2 is 2.00 bits per heavy atom. The van der Waals surface area contributed by atoms with Gasteiger partial charge in [-0.1, -0.05) is 18.2 Å². The fourth-order valence-corrected chi connectivity index (χ4v) is 1.74. The minimum Gasteiger partial charge on any atom is -0.457 e. The summed E-state index contributed by atoms with van der Waals surface area (Å²) in [6, 6.07) is 8.75. The van der Waals surface area contributed by atoms with E-state index >= 15 is 0 Å². The number of nitrogens with zero attached hydrogens (tertiary/aromatic N) is 2. The number of benzene rings is 1. The molecular weight excluding hydrogens is 240 g/mol. The molecule has 0 aliphatic heterocycles. The first-order valence-corrected chi connectivity index (χ1v) is 5.67. The zero-order valence-electron chi connectivity index (χ0n) is 9.12. The van der Waals surface area contributed by atoms with Crippen LogP contribution in [0.1, 0.15) is 6.92 Å². The lowest BCUT2D eigenvalue weighted by Crippen LogP contribution is -2.25. The first kappa shape index (κ1) is 13.2. The van der Waals surface area contributed by atoms with E-state index in [4.69, 9.17) is 5.53 Å². The Labute approximate surface area is 102 Å². The van der Waals surface area contributed by atoms with Gasteiger partial charge in [-0.25, -0.2) is 4.79 Å². The van der Waals surface area contributed by atoms with Crippen molar-refractivity contribution in [1.82, 2.24) is 0 Å². The zero-order chi connectivity index (χ0) is 12.7. The predicted molar refractivity (Wildman–Crippen MR) is 62.6 cm³/mol. The van der Waals surface area contributed by atoms with Crippen LogP contribution in [-0.2, 0) is 14.3 Å². The third-order valence-corrected chi connectivity index (χ3v) is 2.60. The summed E-state index contributed by atoms with van der Waals surface area (Å²) in [6.45, 7) is 1.71. The quantitative estimate of drug-likeness (QED) is 0.203. The maximum Gasteiger partial charge on any atom is 0.452 e. The second kappa shape index (κ2) is 6.62. The van der Waals surface area contributed by atoms with Crippen molar-refractivity contribution in [3.05, 3.63) is 35.9 Å². The number of thioether (sulfide) groups is 1. The number of ether oxygens (including phenoxy) is 1. The fraction of sp³-hybridized carbons (Fsp3) is 0.182. The number of carbonyl (C=O) groups is 2. The van der Waals surface area contributed by atoms with Crippen molar-refractivity contribution >= 4 is 28.6 Å². The van der Waals surface area contributed by atoms with Crippen LogP contribution in [0.25, 0.3) is 5.53 Å². The molecule has 0 saturated carbocycles. The Kier molecular flexibility index (Phi) is 5.13. The number of carbonyl (C=O) groups excluding carboxylic acids is 2. The van der Waals surface area contributed by atoms with Crippen molar-refractivity contribution in [2.24, 2.45) is 0 Å². The molecule has 0 amide bonds. The standard InChI is InChI=1S/C11H10N2O3S/c1-2-16-10(14)9(13-12)11(15)17-8-6-4-3-5-7-8/h3-7H,2H2,1H3. The van der Waals surface area contributed by atoms with Gasteiger partial charge >= 0.3 is 16.8 Å². The lowest BCUT2D eigenvalue weighted by Gasteiger charge is -1.97. The molecule has 1 aromatic rings. The first-order valence-electron chi connectivity index (χ1n) is 4.85. The Hall–Kier alpha value is -1.91. The lowest BCUT2D eigenvalue weighted by atomic mass is 10.4. The normalized spacial score (nSPS) is 9.24. The van der Waals surface area contributed by atoms with Crippen molar-refractivity contribution in [3.63, 3.8) is 0 Å². The van der Waals surface area contributed by atoms with E-state index in [0.717, 1.165) is 11.8 Å². The summed E-state index contributed by atoms with van der Waals surface area (Å²) in [7, 11) is 0. The highest BCUT2D eigenvalue weighted by molar-refractivity contribution is 8.15.